The summed E-state index contributed by atoms with van der Waals surface area (Å²) in [4.78, 5) is 22.2. The van der Waals surface area contributed by atoms with Crippen molar-refractivity contribution in [1.29, 1.82) is 0 Å². The number of carbonyl (C=O) groups is 2. The van der Waals surface area contributed by atoms with Crippen molar-refractivity contribution in [3.8, 4) is 0 Å². The van der Waals surface area contributed by atoms with Crippen molar-refractivity contribution in [1.82, 2.24) is 0 Å². The van der Waals surface area contributed by atoms with Gasteiger partial charge in [-0.2, -0.15) is 0 Å². The van der Waals surface area contributed by atoms with Crippen LogP contribution in [-0.4, -0.2) is 11.8 Å². The van der Waals surface area contributed by atoms with E-state index >= 15 is 0 Å². The number of benzene rings is 1. The topological polar surface area (TPSA) is 58.2 Å². The number of nitrogens with one attached hydrogen (secondary N) is 2. The molecule has 1 aliphatic heterocycles. The molecule has 2 N–H and O–H groups in total. The Bertz CT molecular complexity index is 427. The molecule has 2 rings (SSSR count). The number of amides is 2. The van der Waals surface area contributed by atoms with Gasteiger partial charge in [-0.1, -0.05) is 6.92 Å². The molecule has 1 aromatic rings. The summed E-state index contributed by atoms with van der Waals surface area (Å²) in [5.74, 6) is -0.0174. The Hall–Kier alpha value is -1.84. The average molecular weight is 204 g/mol. The first-order valence-electron chi connectivity index (χ1n) is 4.91. The second-order valence-corrected chi connectivity index (χ2v) is 3.50. The number of anilines is 2. The summed E-state index contributed by atoms with van der Waals surface area (Å²) in [6.07, 6.45) is 0.847. The van der Waals surface area contributed by atoms with Crippen molar-refractivity contribution in [3.05, 3.63) is 23.8 Å². The Morgan fingerprint density at radius 1 is 1.53 bits per heavy atom. The number of hydrogen-bond donors (Lipinski definition) is 2. The fourth-order valence-electron chi connectivity index (χ4n) is 1.56. The third kappa shape index (κ3) is 1.98. The molecule has 1 heterocycles. The van der Waals surface area contributed by atoms with Crippen LogP contribution in [0.25, 0.3) is 0 Å². The van der Waals surface area contributed by atoms with E-state index in [4.69, 9.17) is 0 Å². The largest absolute Gasteiger partial charge is 0.326 e. The van der Waals surface area contributed by atoms with E-state index in [0.29, 0.717) is 12.8 Å². The Labute approximate surface area is 87.7 Å². The minimum Gasteiger partial charge on any atom is -0.326 e. The molecule has 1 aliphatic rings. The molecule has 0 spiro atoms. The lowest BCUT2D eigenvalue weighted by molar-refractivity contribution is -0.116. The van der Waals surface area contributed by atoms with Crippen LogP contribution in [0.1, 0.15) is 18.9 Å². The highest BCUT2D eigenvalue weighted by Gasteiger charge is 2.17. The summed E-state index contributed by atoms with van der Waals surface area (Å²) in [6.45, 7) is 1.80. The van der Waals surface area contributed by atoms with Gasteiger partial charge in [0.05, 0.1) is 6.42 Å². The molecule has 78 valence electrons. The van der Waals surface area contributed by atoms with E-state index < -0.39 is 0 Å². The maximum atomic E-state index is 11.2. The maximum Gasteiger partial charge on any atom is 0.228 e. The molecule has 0 aromatic heterocycles. The second kappa shape index (κ2) is 3.73. The molecule has 0 radical (unpaired) electrons. The zero-order chi connectivity index (χ0) is 10.8. The van der Waals surface area contributed by atoms with Gasteiger partial charge in [-0.05, 0) is 23.8 Å². The van der Waals surface area contributed by atoms with Crippen LogP contribution < -0.4 is 10.6 Å². The van der Waals surface area contributed by atoms with Crippen LogP contribution in [0.15, 0.2) is 18.2 Å². The summed E-state index contributed by atoms with van der Waals surface area (Å²) in [6, 6.07) is 5.43. The van der Waals surface area contributed by atoms with E-state index in [1.807, 2.05) is 12.1 Å². The molecule has 0 saturated carbocycles. The van der Waals surface area contributed by atoms with Gasteiger partial charge in [-0.15, -0.1) is 0 Å². The fourth-order valence-corrected chi connectivity index (χ4v) is 1.56. The molecule has 1 aromatic carbocycles. The minimum atomic E-state index is -0.0211. The Morgan fingerprint density at radius 3 is 3.07 bits per heavy atom. The molecule has 0 atom stereocenters. The van der Waals surface area contributed by atoms with Crippen molar-refractivity contribution >= 4 is 23.2 Å². The van der Waals surface area contributed by atoms with Gasteiger partial charge < -0.3 is 10.6 Å². The van der Waals surface area contributed by atoms with Crippen molar-refractivity contribution in [2.24, 2.45) is 0 Å². The SMILES string of the molecule is CCC(=O)Nc1ccc2c(c1)CC(=O)N2. The van der Waals surface area contributed by atoms with Gasteiger partial charge in [-0.25, -0.2) is 0 Å². The molecule has 4 heteroatoms. The van der Waals surface area contributed by atoms with Crippen LogP contribution >= 0.6 is 0 Å². The standard InChI is InChI=1S/C11H12N2O2/c1-2-10(14)12-8-3-4-9-7(5-8)6-11(15)13-9/h3-5H,2,6H2,1H3,(H,12,14)(H,13,15). The van der Waals surface area contributed by atoms with Crippen LogP contribution in [0.3, 0.4) is 0 Å². The van der Waals surface area contributed by atoms with Crippen LogP contribution in [0.2, 0.25) is 0 Å². The number of hydrogen-bond acceptors (Lipinski definition) is 2. The van der Waals surface area contributed by atoms with E-state index in [-0.39, 0.29) is 11.8 Å². The van der Waals surface area contributed by atoms with Gasteiger partial charge >= 0.3 is 0 Å². The van der Waals surface area contributed by atoms with Gasteiger partial charge in [0, 0.05) is 17.8 Å². The van der Waals surface area contributed by atoms with E-state index in [1.54, 1.807) is 13.0 Å². The molecule has 4 nitrogen and oxygen atoms in total. The highest BCUT2D eigenvalue weighted by molar-refractivity contribution is 6.00. The number of fused-ring (bicyclic) bond motifs is 1. The van der Waals surface area contributed by atoms with Crippen molar-refractivity contribution in [2.75, 3.05) is 10.6 Å². The summed E-state index contributed by atoms with van der Waals surface area (Å²) >= 11 is 0. The molecular weight excluding hydrogens is 192 g/mol. The van der Waals surface area contributed by atoms with Gasteiger partial charge in [0.1, 0.15) is 0 Å². The molecule has 0 saturated heterocycles. The first kappa shape index (κ1) is 9.71. The molecular formula is C11H12N2O2. The smallest absolute Gasteiger partial charge is 0.228 e. The third-order valence-corrected chi connectivity index (χ3v) is 2.34. The van der Waals surface area contributed by atoms with E-state index in [9.17, 15) is 9.59 Å². The Balaban J connectivity index is 2.20. The van der Waals surface area contributed by atoms with Crippen molar-refractivity contribution in [2.45, 2.75) is 19.8 Å². The molecule has 0 aliphatic carbocycles. The zero-order valence-electron chi connectivity index (χ0n) is 8.46. The van der Waals surface area contributed by atoms with Gasteiger partial charge in [0.25, 0.3) is 0 Å². The average Bonchev–Trinajstić information content (AvgIpc) is 2.57. The Kier molecular flexibility index (Phi) is 2.41. The Morgan fingerprint density at radius 2 is 2.33 bits per heavy atom. The van der Waals surface area contributed by atoms with Crippen molar-refractivity contribution in [3.63, 3.8) is 0 Å². The summed E-state index contributed by atoms with van der Waals surface area (Å²) in [7, 11) is 0. The zero-order valence-corrected chi connectivity index (χ0v) is 8.46. The predicted molar refractivity (Wildman–Crippen MR) is 57.7 cm³/mol. The predicted octanol–water partition coefficient (Wildman–Crippen LogP) is 1.53. The molecule has 0 fully saturated rings. The van der Waals surface area contributed by atoms with Crippen molar-refractivity contribution < 1.29 is 9.59 Å². The first-order chi connectivity index (χ1) is 7.19. The lowest BCUT2D eigenvalue weighted by Gasteiger charge is -2.05. The number of rotatable bonds is 2. The third-order valence-electron chi connectivity index (χ3n) is 2.34. The van der Waals surface area contributed by atoms with Crippen LogP contribution in [0, 0.1) is 0 Å². The fraction of sp³-hybridized carbons (Fsp3) is 0.273. The second-order valence-electron chi connectivity index (χ2n) is 3.50. The molecule has 15 heavy (non-hydrogen) atoms. The summed E-state index contributed by atoms with van der Waals surface area (Å²) in [5, 5.41) is 5.50. The number of carbonyl (C=O) groups excluding carboxylic acids is 2. The normalized spacial score (nSPS) is 13.3. The van der Waals surface area contributed by atoms with E-state index in [0.717, 1.165) is 16.9 Å². The highest BCUT2D eigenvalue weighted by atomic mass is 16.2. The van der Waals surface area contributed by atoms with Crippen LogP contribution in [0.5, 0.6) is 0 Å². The van der Waals surface area contributed by atoms with E-state index in [1.165, 1.54) is 0 Å². The molecule has 0 bridgehead atoms. The lowest BCUT2D eigenvalue weighted by Crippen LogP contribution is -2.09. The van der Waals surface area contributed by atoms with Gasteiger partial charge in [0.2, 0.25) is 11.8 Å². The van der Waals surface area contributed by atoms with Gasteiger partial charge in [0.15, 0.2) is 0 Å². The van der Waals surface area contributed by atoms with Crippen LogP contribution in [0.4, 0.5) is 11.4 Å². The van der Waals surface area contributed by atoms with Gasteiger partial charge in [-0.3, -0.25) is 9.59 Å². The quantitative estimate of drug-likeness (QED) is 0.767. The minimum absolute atomic E-state index is 0.00367. The monoisotopic (exact) mass is 204 g/mol. The molecule has 2 amide bonds. The lowest BCUT2D eigenvalue weighted by atomic mass is 10.1. The van der Waals surface area contributed by atoms with E-state index in [2.05, 4.69) is 10.6 Å². The van der Waals surface area contributed by atoms with Crippen LogP contribution in [-0.2, 0) is 16.0 Å². The first-order valence-corrected chi connectivity index (χ1v) is 4.91. The maximum absolute atomic E-state index is 11.2. The highest BCUT2D eigenvalue weighted by Crippen LogP contribution is 2.25. The summed E-state index contributed by atoms with van der Waals surface area (Å²) < 4.78 is 0. The summed E-state index contributed by atoms with van der Waals surface area (Å²) in [5.41, 5.74) is 2.53. The molecule has 0 unspecified atom stereocenters.